The number of aromatic nitrogens is 4. The normalized spacial score (nSPS) is 10.7. The second kappa shape index (κ2) is 7.43. The molecule has 0 spiro atoms. The van der Waals surface area contributed by atoms with Crippen molar-refractivity contribution < 1.29 is 18.7 Å². The third-order valence-corrected chi connectivity index (χ3v) is 4.22. The lowest BCUT2D eigenvalue weighted by molar-refractivity contribution is 0.102. The first-order chi connectivity index (χ1) is 14.1. The van der Waals surface area contributed by atoms with E-state index in [1.54, 1.807) is 36.4 Å². The first-order valence-corrected chi connectivity index (χ1v) is 8.44. The van der Waals surface area contributed by atoms with Gasteiger partial charge in [0.1, 0.15) is 23.3 Å². The average Bonchev–Trinajstić information content (AvgIpc) is 3.27. The number of para-hydroxylation sites is 1. The summed E-state index contributed by atoms with van der Waals surface area (Å²) in [7, 11) is 2.96. The van der Waals surface area contributed by atoms with Gasteiger partial charge in [-0.2, -0.15) is 4.68 Å². The van der Waals surface area contributed by atoms with E-state index in [1.807, 2.05) is 0 Å². The minimum atomic E-state index is -0.767. The number of carbonyl (C=O) groups excluding carboxylic acids is 1. The molecule has 0 atom stereocenters. The SMILES string of the molecule is COc1cc(NC(=O)c2cc3cccc(OC)c3oc2=O)ccc1-n1cnnn1. The first kappa shape index (κ1) is 18.2. The van der Waals surface area contributed by atoms with E-state index in [-0.39, 0.29) is 11.1 Å². The van der Waals surface area contributed by atoms with Gasteiger partial charge in [-0.05, 0) is 34.7 Å². The molecule has 0 fully saturated rings. The summed E-state index contributed by atoms with van der Waals surface area (Å²) in [6.07, 6.45) is 1.42. The van der Waals surface area contributed by atoms with Gasteiger partial charge in [0.25, 0.3) is 5.91 Å². The van der Waals surface area contributed by atoms with Crippen molar-refractivity contribution in [2.24, 2.45) is 0 Å². The number of fused-ring (bicyclic) bond motifs is 1. The van der Waals surface area contributed by atoms with Gasteiger partial charge in [0.05, 0.1) is 14.2 Å². The van der Waals surface area contributed by atoms with Gasteiger partial charge in [-0.1, -0.05) is 12.1 Å². The maximum absolute atomic E-state index is 12.7. The van der Waals surface area contributed by atoms with E-state index in [1.165, 1.54) is 31.3 Å². The molecule has 0 saturated carbocycles. The molecule has 146 valence electrons. The lowest BCUT2D eigenvalue weighted by atomic mass is 10.1. The molecule has 2 aromatic carbocycles. The fourth-order valence-electron chi connectivity index (χ4n) is 2.85. The largest absolute Gasteiger partial charge is 0.494 e. The van der Waals surface area contributed by atoms with Gasteiger partial charge in [0, 0.05) is 17.1 Å². The summed E-state index contributed by atoms with van der Waals surface area (Å²) >= 11 is 0. The van der Waals surface area contributed by atoms with Crippen LogP contribution in [0.4, 0.5) is 5.69 Å². The van der Waals surface area contributed by atoms with Crippen LogP contribution in [0.15, 0.2) is 58.0 Å². The van der Waals surface area contributed by atoms with Crippen LogP contribution in [0.1, 0.15) is 10.4 Å². The number of ether oxygens (including phenoxy) is 2. The minimum absolute atomic E-state index is 0.130. The number of nitrogens with one attached hydrogen (secondary N) is 1. The van der Waals surface area contributed by atoms with Gasteiger partial charge in [0.2, 0.25) is 0 Å². The second-order valence-corrected chi connectivity index (χ2v) is 5.92. The standard InChI is InChI=1S/C19H15N5O5/c1-27-15-5-3-4-11-8-13(19(26)29-17(11)15)18(25)21-12-6-7-14(16(9-12)28-2)24-10-20-22-23-24/h3-10H,1-2H3,(H,21,25). The van der Waals surface area contributed by atoms with Crippen molar-refractivity contribution in [2.75, 3.05) is 19.5 Å². The zero-order valence-electron chi connectivity index (χ0n) is 15.4. The zero-order chi connectivity index (χ0) is 20.4. The summed E-state index contributed by atoms with van der Waals surface area (Å²) in [4.78, 5) is 25.0. The number of tetrazole rings is 1. The number of amides is 1. The molecule has 2 heterocycles. The topological polar surface area (TPSA) is 121 Å². The molecule has 1 N–H and O–H groups in total. The summed E-state index contributed by atoms with van der Waals surface area (Å²) in [6.45, 7) is 0. The Balaban J connectivity index is 1.66. The predicted octanol–water partition coefficient (Wildman–Crippen LogP) is 2.04. The van der Waals surface area contributed by atoms with Gasteiger partial charge in [-0.15, -0.1) is 5.10 Å². The van der Waals surface area contributed by atoms with E-state index in [4.69, 9.17) is 13.9 Å². The lowest BCUT2D eigenvalue weighted by Gasteiger charge is -2.11. The Hall–Kier alpha value is -4.21. The molecule has 0 bridgehead atoms. The molecule has 10 nitrogen and oxygen atoms in total. The molecule has 29 heavy (non-hydrogen) atoms. The molecule has 0 radical (unpaired) electrons. The molecule has 10 heteroatoms. The van der Waals surface area contributed by atoms with Crippen molar-refractivity contribution in [2.45, 2.75) is 0 Å². The minimum Gasteiger partial charge on any atom is -0.494 e. The number of hydrogen-bond donors (Lipinski definition) is 1. The maximum atomic E-state index is 12.7. The highest BCUT2D eigenvalue weighted by Crippen LogP contribution is 2.27. The fraction of sp³-hybridized carbons (Fsp3) is 0.105. The molecule has 0 aliphatic rings. The zero-order valence-corrected chi connectivity index (χ0v) is 15.4. The Kier molecular flexibility index (Phi) is 4.65. The molecular weight excluding hydrogens is 378 g/mol. The van der Waals surface area contributed by atoms with Gasteiger partial charge >= 0.3 is 5.63 Å². The van der Waals surface area contributed by atoms with E-state index >= 15 is 0 Å². The number of benzene rings is 2. The molecule has 0 unspecified atom stereocenters. The van der Waals surface area contributed by atoms with Crippen molar-refractivity contribution in [3.05, 3.63) is 64.8 Å². The van der Waals surface area contributed by atoms with Crippen LogP contribution < -0.4 is 20.4 Å². The van der Waals surface area contributed by atoms with Crippen molar-refractivity contribution in [3.8, 4) is 17.2 Å². The van der Waals surface area contributed by atoms with E-state index in [2.05, 4.69) is 20.8 Å². The number of nitrogens with zero attached hydrogens (tertiary/aromatic N) is 4. The van der Waals surface area contributed by atoms with Crippen LogP contribution >= 0.6 is 0 Å². The highest BCUT2D eigenvalue weighted by molar-refractivity contribution is 6.05. The molecular formula is C19H15N5O5. The summed E-state index contributed by atoms with van der Waals surface area (Å²) in [5.74, 6) is 0.237. The summed E-state index contributed by atoms with van der Waals surface area (Å²) in [5.41, 5.74) is 0.400. The highest BCUT2D eigenvalue weighted by Gasteiger charge is 2.17. The number of carbonyl (C=O) groups is 1. The Morgan fingerprint density at radius 3 is 2.66 bits per heavy atom. The van der Waals surface area contributed by atoms with Crippen molar-refractivity contribution in [3.63, 3.8) is 0 Å². The van der Waals surface area contributed by atoms with Crippen molar-refractivity contribution >= 4 is 22.6 Å². The third kappa shape index (κ3) is 3.38. The lowest BCUT2D eigenvalue weighted by Crippen LogP contribution is -2.20. The number of hydrogen-bond acceptors (Lipinski definition) is 8. The van der Waals surface area contributed by atoms with Crippen LogP contribution in [-0.4, -0.2) is 40.3 Å². The highest BCUT2D eigenvalue weighted by atomic mass is 16.5. The van der Waals surface area contributed by atoms with Crippen LogP contribution in [0.25, 0.3) is 16.7 Å². The third-order valence-electron chi connectivity index (χ3n) is 4.22. The summed E-state index contributed by atoms with van der Waals surface area (Å²) in [6, 6.07) is 11.5. The molecule has 4 rings (SSSR count). The second-order valence-electron chi connectivity index (χ2n) is 5.92. The summed E-state index contributed by atoms with van der Waals surface area (Å²) < 4.78 is 17.2. The molecule has 1 amide bonds. The monoisotopic (exact) mass is 393 g/mol. The number of methoxy groups -OCH3 is 2. The van der Waals surface area contributed by atoms with Crippen LogP contribution in [0.2, 0.25) is 0 Å². The Morgan fingerprint density at radius 2 is 1.93 bits per heavy atom. The van der Waals surface area contributed by atoms with E-state index < -0.39 is 11.5 Å². The molecule has 0 saturated heterocycles. The number of anilines is 1. The Morgan fingerprint density at radius 1 is 1.10 bits per heavy atom. The van der Waals surface area contributed by atoms with Crippen LogP contribution in [0.5, 0.6) is 11.5 Å². The quantitative estimate of drug-likeness (QED) is 0.511. The van der Waals surface area contributed by atoms with Gasteiger partial charge in [-0.3, -0.25) is 4.79 Å². The first-order valence-electron chi connectivity index (χ1n) is 8.44. The Labute approximate surface area is 163 Å². The Bertz CT molecular complexity index is 1250. The molecule has 0 aliphatic carbocycles. The number of rotatable bonds is 5. The van der Waals surface area contributed by atoms with Crippen molar-refractivity contribution in [1.29, 1.82) is 0 Å². The average molecular weight is 393 g/mol. The maximum Gasteiger partial charge on any atom is 0.349 e. The molecule has 2 aromatic heterocycles. The van der Waals surface area contributed by atoms with E-state index in [0.717, 1.165) is 0 Å². The van der Waals surface area contributed by atoms with Crippen LogP contribution in [0, 0.1) is 0 Å². The predicted molar refractivity (Wildman–Crippen MR) is 103 cm³/mol. The smallest absolute Gasteiger partial charge is 0.349 e. The summed E-state index contributed by atoms with van der Waals surface area (Å²) in [5, 5.41) is 14.2. The van der Waals surface area contributed by atoms with Gasteiger partial charge < -0.3 is 19.2 Å². The van der Waals surface area contributed by atoms with Gasteiger partial charge in [-0.25, -0.2) is 4.79 Å². The van der Waals surface area contributed by atoms with Gasteiger partial charge in [0.15, 0.2) is 11.3 Å². The molecule has 0 aliphatic heterocycles. The van der Waals surface area contributed by atoms with Crippen LogP contribution in [-0.2, 0) is 0 Å². The fourth-order valence-corrected chi connectivity index (χ4v) is 2.85. The van der Waals surface area contributed by atoms with E-state index in [0.29, 0.717) is 28.3 Å². The van der Waals surface area contributed by atoms with Crippen molar-refractivity contribution in [1.82, 2.24) is 20.2 Å². The van der Waals surface area contributed by atoms with Crippen LogP contribution in [0.3, 0.4) is 0 Å². The molecule has 4 aromatic rings. The van der Waals surface area contributed by atoms with E-state index in [9.17, 15) is 9.59 Å².